The molecule has 1 aromatic carbocycles. The van der Waals surface area contributed by atoms with E-state index in [0.29, 0.717) is 12.0 Å². The Morgan fingerprint density at radius 1 is 1.22 bits per heavy atom. The summed E-state index contributed by atoms with van der Waals surface area (Å²) in [4.78, 5) is 4.02. The molecule has 0 amide bonds. The van der Waals surface area contributed by atoms with Gasteiger partial charge >= 0.3 is 0 Å². The predicted molar refractivity (Wildman–Crippen MR) is 66.1 cm³/mol. The summed E-state index contributed by atoms with van der Waals surface area (Å²) in [5, 5.41) is 3.06. The number of likely N-dealkylation sites (N-methyl/N-ethyl adjacent to an activating group) is 1. The topological polar surface area (TPSA) is 24.9 Å². The molecule has 1 atom stereocenters. The maximum atomic E-state index is 13.2. The molecule has 0 aliphatic carbocycles. The van der Waals surface area contributed by atoms with Crippen LogP contribution in [0.2, 0.25) is 0 Å². The summed E-state index contributed by atoms with van der Waals surface area (Å²) >= 11 is 0. The number of aromatic nitrogens is 1. The van der Waals surface area contributed by atoms with E-state index in [9.17, 15) is 8.78 Å². The van der Waals surface area contributed by atoms with Crippen LogP contribution in [0.25, 0.3) is 0 Å². The monoisotopic (exact) mass is 248 g/mol. The van der Waals surface area contributed by atoms with Crippen LogP contribution in [-0.2, 0) is 6.42 Å². The second kappa shape index (κ2) is 5.69. The van der Waals surface area contributed by atoms with Gasteiger partial charge in [-0.05, 0) is 42.8 Å². The largest absolute Gasteiger partial charge is 0.313 e. The molecule has 1 aromatic heterocycles. The van der Waals surface area contributed by atoms with E-state index in [2.05, 4.69) is 10.3 Å². The van der Waals surface area contributed by atoms with Crippen molar-refractivity contribution in [2.24, 2.45) is 0 Å². The van der Waals surface area contributed by atoms with Gasteiger partial charge in [-0.2, -0.15) is 0 Å². The molecule has 4 heteroatoms. The molecule has 0 aliphatic rings. The van der Waals surface area contributed by atoms with Crippen LogP contribution in [0.1, 0.15) is 17.2 Å². The second-order valence-electron chi connectivity index (χ2n) is 4.11. The van der Waals surface area contributed by atoms with Gasteiger partial charge in [-0.15, -0.1) is 0 Å². The van der Waals surface area contributed by atoms with E-state index in [0.717, 1.165) is 11.6 Å². The lowest BCUT2D eigenvalue weighted by atomic mass is 10.00. The van der Waals surface area contributed by atoms with E-state index in [-0.39, 0.29) is 6.04 Å². The molecule has 0 radical (unpaired) electrons. The van der Waals surface area contributed by atoms with Crippen molar-refractivity contribution in [3.05, 3.63) is 65.5 Å². The first-order chi connectivity index (χ1) is 8.69. The highest BCUT2D eigenvalue weighted by Crippen LogP contribution is 2.19. The van der Waals surface area contributed by atoms with E-state index in [1.165, 1.54) is 12.1 Å². The molecule has 0 spiro atoms. The maximum absolute atomic E-state index is 13.2. The van der Waals surface area contributed by atoms with E-state index < -0.39 is 11.6 Å². The van der Waals surface area contributed by atoms with Gasteiger partial charge in [-0.25, -0.2) is 8.78 Å². The number of hydrogen-bond acceptors (Lipinski definition) is 2. The summed E-state index contributed by atoms with van der Waals surface area (Å²) in [5.74, 6) is -1.12. The van der Waals surface area contributed by atoms with Crippen molar-refractivity contribution in [3.63, 3.8) is 0 Å². The molecule has 1 heterocycles. The average Bonchev–Trinajstić information content (AvgIpc) is 2.36. The van der Waals surface area contributed by atoms with E-state index in [1.54, 1.807) is 19.4 Å². The van der Waals surface area contributed by atoms with Gasteiger partial charge < -0.3 is 5.32 Å². The minimum atomic E-state index is -0.559. The van der Waals surface area contributed by atoms with Gasteiger partial charge in [0.15, 0.2) is 0 Å². The molecule has 94 valence electrons. The van der Waals surface area contributed by atoms with Crippen molar-refractivity contribution >= 4 is 0 Å². The van der Waals surface area contributed by atoms with Crippen LogP contribution in [0.4, 0.5) is 8.78 Å². The smallest absolute Gasteiger partial charge is 0.126 e. The number of nitrogens with one attached hydrogen (secondary N) is 1. The molecule has 0 saturated heterocycles. The van der Waals surface area contributed by atoms with Crippen LogP contribution in [0, 0.1) is 11.6 Å². The summed E-state index contributed by atoms with van der Waals surface area (Å²) in [6.07, 6.45) is 4.08. The number of nitrogens with zero attached hydrogens (tertiary/aromatic N) is 1. The van der Waals surface area contributed by atoms with Gasteiger partial charge in [-0.1, -0.05) is 6.07 Å². The van der Waals surface area contributed by atoms with Crippen molar-refractivity contribution in [3.8, 4) is 0 Å². The highest BCUT2D eigenvalue weighted by atomic mass is 19.1. The van der Waals surface area contributed by atoms with Gasteiger partial charge in [0.1, 0.15) is 11.6 Å². The Kier molecular flexibility index (Phi) is 3.99. The maximum Gasteiger partial charge on any atom is 0.126 e. The first kappa shape index (κ1) is 12.6. The fourth-order valence-corrected chi connectivity index (χ4v) is 1.92. The summed E-state index contributed by atoms with van der Waals surface area (Å²) in [6.45, 7) is 0. The van der Waals surface area contributed by atoms with E-state index in [4.69, 9.17) is 0 Å². The van der Waals surface area contributed by atoms with Crippen molar-refractivity contribution in [1.29, 1.82) is 0 Å². The van der Waals surface area contributed by atoms with Gasteiger partial charge in [-0.3, -0.25) is 4.98 Å². The van der Waals surface area contributed by atoms with Gasteiger partial charge in [0.2, 0.25) is 0 Å². The van der Waals surface area contributed by atoms with Crippen LogP contribution in [-0.4, -0.2) is 12.0 Å². The van der Waals surface area contributed by atoms with Gasteiger partial charge in [0.05, 0.1) is 0 Å². The number of hydrogen-bond donors (Lipinski definition) is 1. The molecule has 0 fully saturated rings. The van der Waals surface area contributed by atoms with Crippen molar-refractivity contribution in [2.75, 3.05) is 7.05 Å². The van der Waals surface area contributed by atoms with E-state index in [1.807, 2.05) is 12.1 Å². The minimum absolute atomic E-state index is 0.139. The third kappa shape index (κ3) is 3.11. The number of pyridine rings is 1. The Bertz CT molecular complexity index is 494. The van der Waals surface area contributed by atoms with Crippen LogP contribution in [0.15, 0.2) is 42.7 Å². The first-order valence-corrected chi connectivity index (χ1v) is 5.71. The fraction of sp³-hybridized carbons (Fsp3) is 0.214. The minimum Gasteiger partial charge on any atom is -0.313 e. The highest BCUT2D eigenvalue weighted by Gasteiger charge is 2.12. The predicted octanol–water partition coefficient (Wildman–Crippen LogP) is 2.86. The van der Waals surface area contributed by atoms with Crippen molar-refractivity contribution in [2.45, 2.75) is 12.5 Å². The number of halogens is 2. The molecule has 0 saturated carbocycles. The Hall–Kier alpha value is -1.81. The first-order valence-electron chi connectivity index (χ1n) is 5.71. The molecule has 0 bridgehead atoms. The van der Waals surface area contributed by atoms with E-state index >= 15 is 0 Å². The number of rotatable bonds is 4. The third-order valence-corrected chi connectivity index (χ3v) is 2.80. The summed E-state index contributed by atoms with van der Waals surface area (Å²) < 4.78 is 26.4. The molecule has 1 N–H and O–H groups in total. The Morgan fingerprint density at radius 3 is 2.50 bits per heavy atom. The van der Waals surface area contributed by atoms with Gasteiger partial charge in [0.25, 0.3) is 0 Å². The quantitative estimate of drug-likeness (QED) is 0.900. The summed E-state index contributed by atoms with van der Waals surface area (Å²) in [5.41, 5.74) is 1.61. The lowest BCUT2D eigenvalue weighted by molar-refractivity contribution is 0.551. The lowest BCUT2D eigenvalue weighted by Crippen LogP contribution is -2.19. The van der Waals surface area contributed by atoms with Crippen LogP contribution in [0.3, 0.4) is 0 Å². The fourth-order valence-electron chi connectivity index (χ4n) is 1.92. The molecule has 2 rings (SSSR count). The Morgan fingerprint density at radius 2 is 1.94 bits per heavy atom. The second-order valence-corrected chi connectivity index (χ2v) is 4.11. The highest BCUT2D eigenvalue weighted by molar-refractivity contribution is 5.24. The van der Waals surface area contributed by atoms with Gasteiger partial charge in [0, 0.05) is 24.5 Å². The average molecular weight is 248 g/mol. The molecular weight excluding hydrogens is 234 g/mol. The lowest BCUT2D eigenvalue weighted by Gasteiger charge is -2.16. The zero-order valence-electron chi connectivity index (χ0n) is 10.0. The summed E-state index contributed by atoms with van der Waals surface area (Å²) in [7, 11) is 1.77. The third-order valence-electron chi connectivity index (χ3n) is 2.80. The molecular formula is C14H14F2N2. The Balaban J connectivity index is 2.23. The normalized spacial score (nSPS) is 12.4. The molecule has 18 heavy (non-hydrogen) atoms. The summed E-state index contributed by atoms with van der Waals surface area (Å²) in [6, 6.07) is 7.21. The SMILES string of the molecule is CNC(Cc1cccnc1)c1cc(F)cc(F)c1. The van der Waals surface area contributed by atoms with Crippen LogP contribution in [0.5, 0.6) is 0 Å². The molecule has 0 aliphatic heterocycles. The standard InChI is InChI=1S/C14H14F2N2/c1-17-14(5-10-3-2-4-18-9-10)11-6-12(15)8-13(16)7-11/h2-4,6-9,14,17H,5H2,1H3. The van der Waals surface area contributed by atoms with Crippen molar-refractivity contribution in [1.82, 2.24) is 10.3 Å². The Labute approximate surface area is 105 Å². The molecule has 2 aromatic rings. The van der Waals surface area contributed by atoms with Crippen LogP contribution < -0.4 is 5.32 Å². The van der Waals surface area contributed by atoms with Crippen LogP contribution >= 0.6 is 0 Å². The number of benzene rings is 1. The zero-order valence-corrected chi connectivity index (χ0v) is 10.0. The zero-order chi connectivity index (χ0) is 13.0. The molecule has 2 nitrogen and oxygen atoms in total. The van der Waals surface area contributed by atoms with Crippen molar-refractivity contribution < 1.29 is 8.78 Å². The molecule has 1 unspecified atom stereocenters.